The fourth-order valence-electron chi connectivity index (χ4n) is 5.47. The van der Waals surface area contributed by atoms with Gasteiger partial charge in [0.05, 0.1) is 11.0 Å². The van der Waals surface area contributed by atoms with E-state index >= 15 is 0 Å². The molecule has 4 rings (SSSR count). The molecule has 1 unspecified atom stereocenters. The summed E-state index contributed by atoms with van der Waals surface area (Å²) < 4.78 is 5.84. The zero-order valence-corrected chi connectivity index (χ0v) is 19.9. The standard InChI is InChI=1S/C26H34O3S/c1-7-18-11-17(10-14(2)24(18)29-13-15(3)27)8-9-21(28)25-19-12-20-23(26(20,5)6)22(19)16(4)30-25/h10-11,15,20,23,27H,7-9,12-13H2,1-6H3/t15?,20-,23-/m1/s1. The summed E-state index contributed by atoms with van der Waals surface area (Å²) >= 11 is 1.72. The van der Waals surface area contributed by atoms with E-state index < -0.39 is 6.10 Å². The number of benzene rings is 1. The maximum Gasteiger partial charge on any atom is 0.173 e. The number of carbonyl (C=O) groups excluding carboxylic acids is 1. The molecule has 0 radical (unpaired) electrons. The van der Waals surface area contributed by atoms with E-state index in [0.717, 1.165) is 46.9 Å². The molecule has 2 aliphatic rings. The van der Waals surface area contributed by atoms with Crippen LogP contribution in [0.25, 0.3) is 0 Å². The minimum absolute atomic E-state index is 0.299. The number of hydrogen-bond donors (Lipinski definition) is 1. The van der Waals surface area contributed by atoms with Gasteiger partial charge in [-0.2, -0.15) is 0 Å². The predicted octanol–water partition coefficient (Wildman–Crippen LogP) is 5.80. The molecule has 1 aromatic carbocycles. The maximum atomic E-state index is 13.1. The molecule has 0 bridgehead atoms. The summed E-state index contributed by atoms with van der Waals surface area (Å²) in [6.45, 7) is 13.1. The molecular weight excluding hydrogens is 392 g/mol. The zero-order chi connectivity index (χ0) is 21.8. The Labute approximate surface area is 184 Å². The molecule has 2 aromatic rings. The summed E-state index contributed by atoms with van der Waals surface area (Å²) in [5.74, 6) is 2.59. The monoisotopic (exact) mass is 426 g/mol. The van der Waals surface area contributed by atoms with Crippen LogP contribution in [0, 0.1) is 25.2 Å². The third-order valence-electron chi connectivity index (χ3n) is 7.17. The average Bonchev–Trinajstić information content (AvgIpc) is 3.02. The van der Waals surface area contributed by atoms with E-state index in [-0.39, 0.29) is 0 Å². The third-order valence-corrected chi connectivity index (χ3v) is 8.38. The SMILES string of the molecule is CCc1cc(CCC(=O)c2sc(C)c3c2C[C@@H]2[C@H]3C2(C)C)cc(C)c1OCC(C)O. The fraction of sp³-hybridized carbons (Fsp3) is 0.577. The second-order valence-corrected chi connectivity index (χ2v) is 11.1. The number of hydrogen-bond acceptors (Lipinski definition) is 4. The molecule has 1 heterocycles. The van der Waals surface area contributed by atoms with Gasteiger partial charge in [0.25, 0.3) is 0 Å². The summed E-state index contributed by atoms with van der Waals surface area (Å²) in [6, 6.07) is 4.30. The minimum atomic E-state index is -0.487. The Morgan fingerprint density at radius 3 is 2.73 bits per heavy atom. The first-order chi connectivity index (χ1) is 14.1. The van der Waals surface area contributed by atoms with Crippen LogP contribution in [0.5, 0.6) is 5.75 Å². The van der Waals surface area contributed by atoms with Gasteiger partial charge < -0.3 is 9.84 Å². The second-order valence-electron chi connectivity index (χ2n) is 9.83. The average molecular weight is 427 g/mol. The zero-order valence-electron chi connectivity index (χ0n) is 19.1. The van der Waals surface area contributed by atoms with Crippen molar-refractivity contribution in [2.24, 2.45) is 11.3 Å². The Bertz CT molecular complexity index is 983. The fourth-order valence-corrected chi connectivity index (χ4v) is 6.67. The number of ether oxygens (including phenoxy) is 1. The van der Waals surface area contributed by atoms with Crippen LogP contribution >= 0.6 is 11.3 Å². The number of ketones is 1. The Morgan fingerprint density at radius 2 is 2.07 bits per heavy atom. The smallest absolute Gasteiger partial charge is 0.173 e. The van der Waals surface area contributed by atoms with Crippen molar-refractivity contribution in [2.45, 2.75) is 79.2 Å². The molecule has 30 heavy (non-hydrogen) atoms. The third kappa shape index (κ3) is 3.62. The lowest BCUT2D eigenvalue weighted by atomic mass is 9.93. The number of thiophene rings is 1. The van der Waals surface area contributed by atoms with Gasteiger partial charge in [-0.05, 0) is 85.1 Å². The number of aliphatic hydroxyl groups excluding tert-OH is 1. The van der Waals surface area contributed by atoms with Crippen LogP contribution in [0.3, 0.4) is 0 Å². The van der Waals surface area contributed by atoms with Crippen LogP contribution in [-0.2, 0) is 19.3 Å². The molecule has 1 N–H and O–H groups in total. The summed E-state index contributed by atoms with van der Waals surface area (Å²) in [5, 5.41) is 9.53. The summed E-state index contributed by atoms with van der Waals surface area (Å²) in [4.78, 5) is 15.5. The molecule has 0 aliphatic heterocycles. The maximum absolute atomic E-state index is 13.1. The second kappa shape index (κ2) is 7.80. The topological polar surface area (TPSA) is 46.5 Å². The van der Waals surface area contributed by atoms with Gasteiger partial charge in [-0.25, -0.2) is 0 Å². The molecule has 1 aromatic heterocycles. The van der Waals surface area contributed by atoms with Gasteiger partial charge >= 0.3 is 0 Å². The van der Waals surface area contributed by atoms with E-state index in [0.29, 0.717) is 30.1 Å². The first kappa shape index (κ1) is 21.6. The highest BCUT2D eigenvalue weighted by Crippen LogP contribution is 2.71. The normalized spacial score (nSPS) is 21.8. The van der Waals surface area contributed by atoms with Gasteiger partial charge in [-0.1, -0.05) is 32.9 Å². The van der Waals surface area contributed by atoms with E-state index in [1.165, 1.54) is 21.6 Å². The molecule has 1 fully saturated rings. The van der Waals surface area contributed by atoms with Crippen molar-refractivity contribution in [3.63, 3.8) is 0 Å². The van der Waals surface area contributed by atoms with Crippen molar-refractivity contribution < 1.29 is 14.6 Å². The van der Waals surface area contributed by atoms with Crippen molar-refractivity contribution in [3.05, 3.63) is 49.7 Å². The number of Topliss-reactive ketones (excluding diaryl/α,β-unsaturated/α-hetero) is 1. The van der Waals surface area contributed by atoms with Crippen LogP contribution in [0.2, 0.25) is 0 Å². The van der Waals surface area contributed by atoms with Crippen molar-refractivity contribution >= 4 is 17.1 Å². The van der Waals surface area contributed by atoms with Gasteiger partial charge in [0, 0.05) is 11.3 Å². The van der Waals surface area contributed by atoms with Crippen molar-refractivity contribution in [1.29, 1.82) is 0 Å². The number of fused-ring (bicyclic) bond motifs is 3. The molecular formula is C26H34O3S. The van der Waals surface area contributed by atoms with E-state index in [1.54, 1.807) is 18.3 Å². The largest absolute Gasteiger partial charge is 0.490 e. The van der Waals surface area contributed by atoms with Gasteiger partial charge in [0.1, 0.15) is 12.4 Å². The molecule has 162 valence electrons. The van der Waals surface area contributed by atoms with Gasteiger partial charge in [0.2, 0.25) is 0 Å². The molecule has 3 atom stereocenters. The van der Waals surface area contributed by atoms with Crippen LogP contribution in [0.1, 0.15) is 82.4 Å². The number of carbonyl (C=O) groups is 1. The Hall–Kier alpha value is -1.65. The van der Waals surface area contributed by atoms with Crippen molar-refractivity contribution in [2.75, 3.05) is 6.61 Å². The molecule has 0 amide bonds. The van der Waals surface area contributed by atoms with Gasteiger partial charge in [-0.3, -0.25) is 4.79 Å². The molecule has 0 spiro atoms. The molecule has 4 heteroatoms. The Kier molecular flexibility index (Phi) is 5.61. The van der Waals surface area contributed by atoms with Gasteiger partial charge in [-0.15, -0.1) is 11.3 Å². The molecule has 3 nitrogen and oxygen atoms in total. The van der Waals surface area contributed by atoms with Gasteiger partial charge in [0.15, 0.2) is 5.78 Å². The number of rotatable bonds is 8. The highest BCUT2D eigenvalue weighted by atomic mass is 32.1. The lowest BCUT2D eigenvalue weighted by Crippen LogP contribution is -2.14. The van der Waals surface area contributed by atoms with E-state index in [2.05, 4.69) is 39.8 Å². The van der Waals surface area contributed by atoms with Crippen molar-refractivity contribution in [1.82, 2.24) is 0 Å². The van der Waals surface area contributed by atoms with Crippen LogP contribution < -0.4 is 4.74 Å². The highest BCUT2D eigenvalue weighted by molar-refractivity contribution is 7.14. The van der Waals surface area contributed by atoms with Crippen LogP contribution in [-0.4, -0.2) is 23.6 Å². The molecule has 0 saturated heterocycles. The minimum Gasteiger partial charge on any atom is -0.490 e. The summed E-state index contributed by atoms with van der Waals surface area (Å²) in [6.07, 6.45) is 2.79. The van der Waals surface area contributed by atoms with E-state index in [4.69, 9.17) is 4.74 Å². The lowest BCUT2D eigenvalue weighted by molar-refractivity contribution is 0.0985. The number of aryl methyl sites for hydroxylation is 4. The lowest BCUT2D eigenvalue weighted by Gasteiger charge is -2.16. The quantitative estimate of drug-likeness (QED) is 0.543. The van der Waals surface area contributed by atoms with E-state index in [1.807, 2.05) is 6.92 Å². The first-order valence-corrected chi connectivity index (χ1v) is 12.0. The van der Waals surface area contributed by atoms with Crippen LogP contribution in [0.15, 0.2) is 12.1 Å². The van der Waals surface area contributed by atoms with E-state index in [9.17, 15) is 9.90 Å². The molecule has 1 saturated carbocycles. The Morgan fingerprint density at radius 1 is 1.33 bits per heavy atom. The first-order valence-electron chi connectivity index (χ1n) is 11.2. The summed E-state index contributed by atoms with van der Waals surface area (Å²) in [7, 11) is 0. The summed E-state index contributed by atoms with van der Waals surface area (Å²) in [5.41, 5.74) is 6.70. The Balaban J connectivity index is 1.47. The highest BCUT2D eigenvalue weighted by Gasteiger charge is 2.63. The van der Waals surface area contributed by atoms with Crippen molar-refractivity contribution in [3.8, 4) is 5.75 Å². The predicted molar refractivity (Wildman–Crippen MR) is 123 cm³/mol. The molecule has 2 aliphatic carbocycles. The van der Waals surface area contributed by atoms with Crippen LogP contribution in [0.4, 0.5) is 0 Å². The number of aliphatic hydroxyl groups is 1.